The number of halogens is 1. The Hall–Kier alpha value is -0.780. The number of nitrogens with one attached hydrogen (secondary N) is 1. The second kappa shape index (κ2) is 5.91. The van der Waals surface area contributed by atoms with Crippen LogP contribution in [0.1, 0.15) is 30.9 Å². The third-order valence-electron chi connectivity index (χ3n) is 2.90. The fourth-order valence-corrected chi connectivity index (χ4v) is 2.71. The van der Waals surface area contributed by atoms with E-state index in [9.17, 15) is 0 Å². The van der Waals surface area contributed by atoms with Gasteiger partial charge in [0.25, 0.3) is 0 Å². The molecule has 100 valence electrons. The van der Waals surface area contributed by atoms with E-state index in [1.165, 1.54) is 5.56 Å². The molecule has 0 unspecified atom stereocenters. The largest absolute Gasteiger partial charge is 0.486 e. The van der Waals surface area contributed by atoms with E-state index in [1.54, 1.807) is 7.11 Å². The van der Waals surface area contributed by atoms with Crippen LogP contribution in [0.15, 0.2) is 10.5 Å². The van der Waals surface area contributed by atoms with Gasteiger partial charge in [0, 0.05) is 16.6 Å². The van der Waals surface area contributed by atoms with E-state index in [-0.39, 0.29) is 0 Å². The minimum atomic E-state index is 0.353. The molecule has 1 heterocycles. The predicted octanol–water partition coefficient (Wildman–Crippen LogP) is 2.99. The molecule has 1 aliphatic rings. The number of hydroxylamine groups is 1. The molecule has 2 rings (SSSR count). The first kappa shape index (κ1) is 13.6. The van der Waals surface area contributed by atoms with Gasteiger partial charge in [-0.25, -0.2) is 0 Å². The van der Waals surface area contributed by atoms with Crippen LogP contribution >= 0.6 is 15.9 Å². The molecule has 0 spiro atoms. The molecule has 18 heavy (non-hydrogen) atoms. The van der Waals surface area contributed by atoms with Crippen LogP contribution in [0.4, 0.5) is 0 Å². The number of benzene rings is 1. The maximum atomic E-state index is 5.78. The molecular formula is C13H18BrNO3. The molecule has 1 N–H and O–H groups in total. The molecule has 0 aromatic heterocycles. The molecule has 0 saturated carbocycles. The van der Waals surface area contributed by atoms with Crippen LogP contribution in [0.25, 0.3) is 0 Å². The summed E-state index contributed by atoms with van der Waals surface area (Å²) in [5, 5.41) is 0. The van der Waals surface area contributed by atoms with Gasteiger partial charge in [-0.15, -0.1) is 0 Å². The Labute approximate surface area is 116 Å². The second-order valence-electron chi connectivity index (χ2n) is 4.45. The molecule has 5 heteroatoms. The van der Waals surface area contributed by atoms with Crippen molar-refractivity contribution in [3.05, 3.63) is 21.7 Å². The summed E-state index contributed by atoms with van der Waals surface area (Å²) in [6.45, 7) is 6.13. The normalized spacial score (nSPS) is 14.1. The highest BCUT2D eigenvalue weighted by Gasteiger charge is 2.23. The quantitative estimate of drug-likeness (QED) is 0.867. The number of fused-ring (bicyclic) bond motifs is 1. The summed E-state index contributed by atoms with van der Waals surface area (Å²) < 4.78 is 12.4. The summed E-state index contributed by atoms with van der Waals surface area (Å²) in [4.78, 5) is 4.94. The third-order valence-corrected chi connectivity index (χ3v) is 3.61. The van der Waals surface area contributed by atoms with Gasteiger partial charge in [-0.1, -0.05) is 29.8 Å². The van der Waals surface area contributed by atoms with Gasteiger partial charge in [-0.05, 0) is 17.5 Å². The second-order valence-corrected chi connectivity index (χ2v) is 5.31. The monoisotopic (exact) mass is 315 g/mol. The van der Waals surface area contributed by atoms with Gasteiger partial charge >= 0.3 is 0 Å². The molecular weight excluding hydrogens is 298 g/mol. The Balaban J connectivity index is 2.50. The minimum absolute atomic E-state index is 0.353. The SMILES string of the molecule is CONCc1c(Br)cc2c(c1C(C)C)OCCO2. The Morgan fingerprint density at radius 2 is 2.11 bits per heavy atom. The lowest BCUT2D eigenvalue weighted by molar-refractivity contribution is 0.0860. The summed E-state index contributed by atoms with van der Waals surface area (Å²) in [7, 11) is 1.61. The summed E-state index contributed by atoms with van der Waals surface area (Å²) in [6, 6.07) is 1.97. The van der Waals surface area contributed by atoms with Crippen molar-refractivity contribution < 1.29 is 14.3 Å². The lowest BCUT2D eigenvalue weighted by atomic mass is 9.95. The minimum Gasteiger partial charge on any atom is -0.486 e. The van der Waals surface area contributed by atoms with Gasteiger partial charge in [-0.3, -0.25) is 0 Å². The zero-order valence-corrected chi connectivity index (χ0v) is 12.5. The van der Waals surface area contributed by atoms with Crippen molar-refractivity contribution in [2.45, 2.75) is 26.3 Å². The van der Waals surface area contributed by atoms with Crippen LogP contribution in [0.2, 0.25) is 0 Å². The van der Waals surface area contributed by atoms with Crippen molar-refractivity contribution in [1.29, 1.82) is 0 Å². The van der Waals surface area contributed by atoms with Gasteiger partial charge in [0.05, 0.1) is 7.11 Å². The Morgan fingerprint density at radius 1 is 1.39 bits per heavy atom. The van der Waals surface area contributed by atoms with Crippen molar-refractivity contribution >= 4 is 15.9 Å². The highest BCUT2D eigenvalue weighted by molar-refractivity contribution is 9.10. The van der Waals surface area contributed by atoms with Crippen molar-refractivity contribution in [2.24, 2.45) is 0 Å². The molecule has 0 fully saturated rings. The van der Waals surface area contributed by atoms with Gasteiger partial charge < -0.3 is 14.3 Å². The lowest BCUT2D eigenvalue weighted by Crippen LogP contribution is -2.20. The molecule has 0 saturated heterocycles. The fourth-order valence-electron chi connectivity index (χ4n) is 2.15. The average molecular weight is 316 g/mol. The van der Waals surface area contributed by atoms with E-state index < -0.39 is 0 Å². The highest BCUT2D eigenvalue weighted by atomic mass is 79.9. The summed E-state index contributed by atoms with van der Waals surface area (Å²) in [6.07, 6.45) is 0. The van der Waals surface area contributed by atoms with Crippen molar-refractivity contribution in [2.75, 3.05) is 20.3 Å². The third kappa shape index (κ3) is 2.63. The maximum absolute atomic E-state index is 5.78. The Morgan fingerprint density at radius 3 is 2.78 bits per heavy atom. The molecule has 4 nitrogen and oxygen atoms in total. The average Bonchev–Trinajstić information content (AvgIpc) is 2.35. The Kier molecular flexibility index (Phi) is 4.48. The van der Waals surface area contributed by atoms with Gasteiger partial charge in [0.1, 0.15) is 13.2 Å². The van der Waals surface area contributed by atoms with Gasteiger partial charge in [0.15, 0.2) is 11.5 Å². The van der Waals surface area contributed by atoms with E-state index in [2.05, 4.69) is 35.3 Å². The van der Waals surface area contributed by atoms with Crippen LogP contribution in [0.3, 0.4) is 0 Å². The summed E-state index contributed by atoms with van der Waals surface area (Å²) in [5.41, 5.74) is 5.20. The first-order chi connectivity index (χ1) is 8.65. The first-order valence-electron chi connectivity index (χ1n) is 6.01. The molecule has 0 atom stereocenters. The molecule has 0 bridgehead atoms. The Bertz CT molecular complexity index is 435. The number of rotatable bonds is 4. The first-order valence-corrected chi connectivity index (χ1v) is 6.81. The molecule has 0 radical (unpaired) electrons. The summed E-state index contributed by atoms with van der Waals surface area (Å²) in [5.74, 6) is 2.04. The molecule has 1 aliphatic heterocycles. The molecule has 1 aromatic carbocycles. The summed E-state index contributed by atoms with van der Waals surface area (Å²) >= 11 is 3.59. The predicted molar refractivity (Wildman–Crippen MR) is 73.1 cm³/mol. The topological polar surface area (TPSA) is 39.7 Å². The van der Waals surface area contributed by atoms with Crippen molar-refractivity contribution in [1.82, 2.24) is 5.48 Å². The van der Waals surface area contributed by atoms with E-state index in [4.69, 9.17) is 14.3 Å². The smallest absolute Gasteiger partial charge is 0.165 e. The highest BCUT2D eigenvalue weighted by Crippen LogP contribution is 2.43. The number of hydrogen-bond acceptors (Lipinski definition) is 4. The van der Waals surface area contributed by atoms with Crippen LogP contribution in [-0.2, 0) is 11.4 Å². The van der Waals surface area contributed by atoms with Gasteiger partial charge in [0.2, 0.25) is 0 Å². The van der Waals surface area contributed by atoms with E-state index in [0.29, 0.717) is 25.7 Å². The molecule has 0 amide bonds. The van der Waals surface area contributed by atoms with E-state index >= 15 is 0 Å². The van der Waals surface area contributed by atoms with Crippen LogP contribution in [-0.4, -0.2) is 20.3 Å². The van der Waals surface area contributed by atoms with Crippen LogP contribution in [0, 0.1) is 0 Å². The molecule has 1 aromatic rings. The standard InChI is InChI=1S/C13H18BrNO3/c1-8(2)12-9(7-15-16-3)10(14)6-11-13(12)18-5-4-17-11/h6,8,15H,4-5,7H2,1-3H3. The van der Waals surface area contributed by atoms with Crippen LogP contribution < -0.4 is 15.0 Å². The van der Waals surface area contributed by atoms with Crippen molar-refractivity contribution in [3.63, 3.8) is 0 Å². The molecule has 0 aliphatic carbocycles. The number of hydrogen-bond donors (Lipinski definition) is 1. The van der Waals surface area contributed by atoms with Gasteiger partial charge in [-0.2, -0.15) is 5.48 Å². The fraction of sp³-hybridized carbons (Fsp3) is 0.538. The number of ether oxygens (including phenoxy) is 2. The van der Waals surface area contributed by atoms with Crippen molar-refractivity contribution in [3.8, 4) is 11.5 Å². The van der Waals surface area contributed by atoms with E-state index in [0.717, 1.165) is 21.5 Å². The van der Waals surface area contributed by atoms with E-state index in [1.807, 2.05) is 6.07 Å². The zero-order chi connectivity index (χ0) is 13.1. The lowest BCUT2D eigenvalue weighted by Gasteiger charge is -2.26. The van der Waals surface area contributed by atoms with Crippen LogP contribution in [0.5, 0.6) is 11.5 Å². The maximum Gasteiger partial charge on any atom is 0.165 e. The zero-order valence-electron chi connectivity index (χ0n) is 10.9.